The van der Waals surface area contributed by atoms with E-state index in [1.807, 2.05) is 13.8 Å². The second-order valence-corrected chi connectivity index (χ2v) is 6.29. The molecule has 1 atom stereocenters. The number of hydrogen-bond acceptors (Lipinski definition) is 4. The smallest absolute Gasteiger partial charge is 0.407 e. The molecule has 7 heteroatoms. The maximum atomic E-state index is 12.1. The summed E-state index contributed by atoms with van der Waals surface area (Å²) in [6.45, 7) is 4.26. The van der Waals surface area contributed by atoms with Crippen LogP contribution in [0.1, 0.15) is 19.4 Å². The SMILES string of the molecule is CC(C)NC(=O)OC1CN(C(=O)C(O)Cc2ccccc2Cl)C1. The molecule has 2 amide bonds. The van der Waals surface area contributed by atoms with Crippen LogP contribution in [0.4, 0.5) is 4.79 Å². The molecule has 2 N–H and O–H groups in total. The number of rotatable bonds is 5. The molecule has 126 valence electrons. The van der Waals surface area contributed by atoms with Gasteiger partial charge in [-0.1, -0.05) is 29.8 Å². The monoisotopic (exact) mass is 340 g/mol. The topological polar surface area (TPSA) is 78.9 Å². The second-order valence-electron chi connectivity index (χ2n) is 5.88. The van der Waals surface area contributed by atoms with Gasteiger partial charge in [0.1, 0.15) is 12.2 Å². The van der Waals surface area contributed by atoms with Crippen LogP contribution in [-0.2, 0) is 16.0 Å². The minimum Gasteiger partial charge on any atom is -0.442 e. The number of nitrogens with one attached hydrogen (secondary N) is 1. The first-order valence-electron chi connectivity index (χ1n) is 7.54. The highest BCUT2D eigenvalue weighted by Crippen LogP contribution is 2.19. The quantitative estimate of drug-likeness (QED) is 0.853. The summed E-state index contributed by atoms with van der Waals surface area (Å²) in [7, 11) is 0. The molecule has 1 saturated heterocycles. The predicted octanol–water partition coefficient (Wildman–Crippen LogP) is 1.59. The summed E-state index contributed by atoms with van der Waals surface area (Å²) in [5.74, 6) is -0.381. The normalized spacial score (nSPS) is 16.0. The summed E-state index contributed by atoms with van der Waals surface area (Å²) in [4.78, 5) is 25.0. The zero-order valence-corrected chi connectivity index (χ0v) is 13.9. The van der Waals surface area contributed by atoms with Crippen molar-refractivity contribution in [3.63, 3.8) is 0 Å². The van der Waals surface area contributed by atoms with E-state index in [2.05, 4.69) is 5.32 Å². The van der Waals surface area contributed by atoms with Crippen LogP contribution in [0, 0.1) is 0 Å². The molecular weight excluding hydrogens is 320 g/mol. The fraction of sp³-hybridized carbons (Fsp3) is 0.500. The van der Waals surface area contributed by atoms with Crippen molar-refractivity contribution >= 4 is 23.6 Å². The largest absolute Gasteiger partial charge is 0.442 e. The van der Waals surface area contributed by atoms with Crippen LogP contribution in [-0.4, -0.2) is 53.3 Å². The van der Waals surface area contributed by atoms with Crippen molar-refractivity contribution in [2.45, 2.75) is 38.5 Å². The number of alkyl carbamates (subject to hydrolysis) is 1. The lowest BCUT2D eigenvalue weighted by molar-refractivity contribution is -0.150. The Morgan fingerprint density at radius 2 is 2.04 bits per heavy atom. The van der Waals surface area contributed by atoms with Crippen LogP contribution in [0.25, 0.3) is 0 Å². The van der Waals surface area contributed by atoms with E-state index in [9.17, 15) is 14.7 Å². The maximum Gasteiger partial charge on any atom is 0.407 e. The summed E-state index contributed by atoms with van der Waals surface area (Å²) in [6, 6.07) is 7.09. The first-order valence-corrected chi connectivity index (χ1v) is 7.92. The maximum absolute atomic E-state index is 12.1. The minimum absolute atomic E-state index is 0.00208. The van der Waals surface area contributed by atoms with Crippen LogP contribution in [0.3, 0.4) is 0 Å². The third-order valence-electron chi connectivity index (χ3n) is 3.50. The number of ether oxygens (including phenoxy) is 1. The summed E-state index contributed by atoms with van der Waals surface area (Å²) < 4.78 is 5.15. The van der Waals surface area contributed by atoms with Gasteiger partial charge in [-0.05, 0) is 25.5 Å². The van der Waals surface area contributed by atoms with Gasteiger partial charge >= 0.3 is 6.09 Å². The zero-order chi connectivity index (χ0) is 17.0. The average molecular weight is 341 g/mol. The predicted molar refractivity (Wildman–Crippen MR) is 86.3 cm³/mol. The third-order valence-corrected chi connectivity index (χ3v) is 3.86. The van der Waals surface area contributed by atoms with Gasteiger partial charge in [0, 0.05) is 17.5 Å². The standard InChI is InChI=1S/C16H21ClN2O4/c1-10(2)18-16(22)23-12-8-19(9-12)15(21)14(20)7-11-5-3-4-6-13(11)17/h3-6,10,12,14,20H,7-9H2,1-2H3,(H,18,22). The number of nitrogens with zero attached hydrogens (tertiary/aromatic N) is 1. The molecule has 1 heterocycles. The van der Waals surface area contributed by atoms with E-state index in [-0.39, 0.29) is 24.5 Å². The Morgan fingerprint density at radius 1 is 1.39 bits per heavy atom. The molecule has 0 radical (unpaired) electrons. The van der Waals surface area contributed by atoms with Crippen LogP contribution in [0.15, 0.2) is 24.3 Å². The van der Waals surface area contributed by atoms with E-state index in [1.54, 1.807) is 24.3 Å². The zero-order valence-electron chi connectivity index (χ0n) is 13.2. The van der Waals surface area contributed by atoms with Crippen molar-refractivity contribution in [2.24, 2.45) is 0 Å². The third kappa shape index (κ3) is 4.84. The van der Waals surface area contributed by atoms with E-state index in [0.29, 0.717) is 18.1 Å². The van der Waals surface area contributed by atoms with Gasteiger partial charge in [-0.2, -0.15) is 0 Å². The summed E-state index contributed by atoms with van der Waals surface area (Å²) >= 11 is 6.02. The van der Waals surface area contributed by atoms with Crippen molar-refractivity contribution in [1.82, 2.24) is 10.2 Å². The molecule has 1 fully saturated rings. The van der Waals surface area contributed by atoms with Crippen molar-refractivity contribution in [1.29, 1.82) is 0 Å². The Balaban J connectivity index is 1.77. The van der Waals surface area contributed by atoms with Crippen molar-refractivity contribution < 1.29 is 19.4 Å². The molecule has 0 saturated carbocycles. The lowest BCUT2D eigenvalue weighted by Gasteiger charge is -2.39. The second kappa shape index (κ2) is 7.66. The summed E-state index contributed by atoms with van der Waals surface area (Å²) in [5.41, 5.74) is 0.722. The summed E-state index contributed by atoms with van der Waals surface area (Å²) in [5, 5.41) is 13.2. The molecule has 23 heavy (non-hydrogen) atoms. The number of carbonyl (C=O) groups excluding carboxylic acids is 2. The number of halogens is 1. The molecule has 0 spiro atoms. The van der Waals surface area contributed by atoms with Gasteiger partial charge < -0.3 is 20.1 Å². The lowest BCUT2D eigenvalue weighted by Crippen LogP contribution is -2.58. The first kappa shape index (κ1) is 17.6. The lowest BCUT2D eigenvalue weighted by atomic mass is 10.0. The average Bonchev–Trinajstić information content (AvgIpc) is 2.43. The molecule has 0 aliphatic carbocycles. The number of hydrogen-bond donors (Lipinski definition) is 2. The van der Waals surface area contributed by atoms with Crippen molar-refractivity contribution in [2.75, 3.05) is 13.1 Å². The Bertz CT molecular complexity index is 573. The van der Waals surface area contributed by atoms with Crippen molar-refractivity contribution in [3.8, 4) is 0 Å². The van der Waals surface area contributed by atoms with Crippen LogP contribution < -0.4 is 5.32 Å². The number of benzene rings is 1. The fourth-order valence-corrected chi connectivity index (χ4v) is 2.50. The molecule has 1 aromatic carbocycles. The van der Waals surface area contributed by atoms with Gasteiger partial charge in [-0.15, -0.1) is 0 Å². The molecule has 0 aromatic heterocycles. The molecular formula is C16H21ClN2O4. The number of likely N-dealkylation sites (tertiary alicyclic amines) is 1. The first-order chi connectivity index (χ1) is 10.9. The summed E-state index contributed by atoms with van der Waals surface area (Å²) in [6.07, 6.45) is -1.81. The number of aliphatic hydroxyl groups excluding tert-OH is 1. The number of aliphatic hydroxyl groups is 1. The van der Waals surface area contributed by atoms with E-state index in [0.717, 1.165) is 5.56 Å². The van der Waals surface area contributed by atoms with Gasteiger partial charge in [0.15, 0.2) is 0 Å². The van der Waals surface area contributed by atoms with Gasteiger partial charge in [0.25, 0.3) is 5.91 Å². The highest BCUT2D eigenvalue weighted by atomic mass is 35.5. The van der Waals surface area contributed by atoms with Gasteiger partial charge in [-0.25, -0.2) is 4.79 Å². The Labute approximate surface area is 140 Å². The molecule has 6 nitrogen and oxygen atoms in total. The highest BCUT2D eigenvalue weighted by molar-refractivity contribution is 6.31. The van der Waals surface area contributed by atoms with E-state index in [1.165, 1.54) is 4.90 Å². The molecule has 1 aliphatic rings. The van der Waals surface area contributed by atoms with E-state index < -0.39 is 12.2 Å². The molecule has 0 bridgehead atoms. The molecule has 2 rings (SSSR count). The van der Waals surface area contributed by atoms with Gasteiger partial charge in [0.2, 0.25) is 0 Å². The van der Waals surface area contributed by atoms with Crippen LogP contribution in [0.5, 0.6) is 0 Å². The van der Waals surface area contributed by atoms with E-state index >= 15 is 0 Å². The van der Waals surface area contributed by atoms with Crippen LogP contribution >= 0.6 is 11.6 Å². The Hall–Kier alpha value is -1.79. The Kier molecular flexibility index (Phi) is 5.85. The molecule has 1 aromatic rings. The van der Waals surface area contributed by atoms with Gasteiger partial charge in [0.05, 0.1) is 13.1 Å². The van der Waals surface area contributed by atoms with E-state index in [4.69, 9.17) is 16.3 Å². The minimum atomic E-state index is -1.15. The highest BCUT2D eigenvalue weighted by Gasteiger charge is 2.36. The molecule has 1 aliphatic heterocycles. The number of carbonyl (C=O) groups is 2. The number of amides is 2. The van der Waals surface area contributed by atoms with Crippen molar-refractivity contribution in [3.05, 3.63) is 34.9 Å². The fourth-order valence-electron chi connectivity index (χ4n) is 2.28. The van der Waals surface area contributed by atoms with Crippen LogP contribution in [0.2, 0.25) is 5.02 Å². The Morgan fingerprint density at radius 3 is 2.65 bits per heavy atom. The van der Waals surface area contributed by atoms with Gasteiger partial charge in [-0.3, -0.25) is 4.79 Å². The molecule has 1 unspecified atom stereocenters.